The van der Waals surface area contributed by atoms with Crippen LogP contribution in [0.3, 0.4) is 0 Å². The first-order valence-electron chi connectivity index (χ1n) is 9.74. The summed E-state index contributed by atoms with van der Waals surface area (Å²) in [5.41, 5.74) is 6.43. The van der Waals surface area contributed by atoms with Crippen LogP contribution in [-0.2, 0) is 0 Å². The minimum atomic E-state index is -0.288. The summed E-state index contributed by atoms with van der Waals surface area (Å²) in [4.78, 5) is 25.7. The maximum Gasteiger partial charge on any atom is 0.289 e. The Balaban J connectivity index is 1.45. The van der Waals surface area contributed by atoms with Crippen LogP contribution in [0.4, 0.5) is 0 Å². The monoisotopic (exact) mass is 396 g/mol. The lowest BCUT2D eigenvalue weighted by Gasteiger charge is -2.13. The van der Waals surface area contributed by atoms with Crippen molar-refractivity contribution < 1.29 is 4.79 Å². The van der Waals surface area contributed by atoms with E-state index >= 15 is 0 Å². The minimum absolute atomic E-state index is 0.137. The summed E-state index contributed by atoms with van der Waals surface area (Å²) >= 11 is 0. The number of pyridine rings is 1. The van der Waals surface area contributed by atoms with Crippen LogP contribution in [0.25, 0.3) is 33.2 Å². The second kappa shape index (κ2) is 7.11. The second-order valence-corrected chi connectivity index (χ2v) is 7.40. The van der Waals surface area contributed by atoms with Gasteiger partial charge in [-0.25, -0.2) is 9.97 Å². The number of aromatic nitrogens is 5. The first-order valence-corrected chi connectivity index (χ1v) is 9.74. The fourth-order valence-electron chi connectivity index (χ4n) is 3.56. The number of aryl methyl sites for hydroxylation is 1. The standard InChI is InChI=1S/C23H20N6O/c1-13-3-5-15(6-4-13)14(2)25-23(30)22-26-19-11-17-18(12-20(19)27-22)28-29-21(17)16-7-9-24-10-8-16/h3-12,14,28-29H,1-2H3,(H,25,30)/t14-/m1/s1. The molecule has 5 aromatic rings. The Morgan fingerprint density at radius 1 is 0.967 bits per heavy atom. The maximum atomic E-state index is 12.7. The lowest BCUT2D eigenvalue weighted by atomic mass is 10.1. The van der Waals surface area contributed by atoms with Crippen molar-refractivity contribution in [1.29, 1.82) is 0 Å². The van der Waals surface area contributed by atoms with Crippen molar-refractivity contribution in [2.24, 2.45) is 0 Å². The van der Waals surface area contributed by atoms with Gasteiger partial charge in [0.2, 0.25) is 5.82 Å². The van der Waals surface area contributed by atoms with Crippen LogP contribution in [-0.4, -0.2) is 31.1 Å². The van der Waals surface area contributed by atoms with Gasteiger partial charge in [0.05, 0.1) is 28.3 Å². The highest BCUT2D eigenvalue weighted by molar-refractivity contribution is 6.02. The van der Waals surface area contributed by atoms with E-state index in [-0.39, 0.29) is 17.8 Å². The molecule has 1 amide bonds. The third kappa shape index (κ3) is 3.20. The van der Waals surface area contributed by atoms with Crippen LogP contribution in [0, 0.1) is 6.92 Å². The summed E-state index contributed by atoms with van der Waals surface area (Å²) in [6, 6.07) is 15.7. The van der Waals surface area contributed by atoms with Crippen LogP contribution in [0.1, 0.15) is 34.7 Å². The Kier molecular flexibility index (Phi) is 4.28. The highest BCUT2D eigenvalue weighted by atomic mass is 16.2. The molecule has 0 fully saturated rings. The smallest absolute Gasteiger partial charge is 0.289 e. The van der Waals surface area contributed by atoms with E-state index < -0.39 is 0 Å². The van der Waals surface area contributed by atoms with Crippen molar-refractivity contribution in [3.63, 3.8) is 0 Å². The summed E-state index contributed by atoms with van der Waals surface area (Å²) in [5, 5.41) is 10.3. The number of hydrogen-bond donors (Lipinski definition) is 3. The normalized spacial score (nSPS) is 12.3. The Morgan fingerprint density at radius 3 is 2.40 bits per heavy atom. The number of imidazole rings is 1. The molecule has 30 heavy (non-hydrogen) atoms. The first kappa shape index (κ1) is 18.1. The molecule has 0 unspecified atom stereocenters. The summed E-state index contributed by atoms with van der Waals surface area (Å²) in [6.45, 7) is 3.99. The third-order valence-electron chi connectivity index (χ3n) is 5.26. The maximum absolute atomic E-state index is 12.7. The molecule has 0 aliphatic heterocycles. The van der Waals surface area contributed by atoms with Gasteiger partial charge in [-0.3, -0.25) is 14.9 Å². The molecule has 3 N–H and O–H groups in total. The number of carbonyl (C=O) groups is 1. The number of nitrogens with one attached hydrogen (secondary N) is 3. The highest BCUT2D eigenvalue weighted by Crippen LogP contribution is 2.29. The van der Waals surface area contributed by atoms with Crippen LogP contribution in [0.15, 0.2) is 60.9 Å². The lowest BCUT2D eigenvalue weighted by Crippen LogP contribution is -2.27. The zero-order valence-electron chi connectivity index (χ0n) is 16.6. The Morgan fingerprint density at radius 2 is 1.67 bits per heavy atom. The van der Waals surface area contributed by atoms with Gasteiger partial charge in [-0.05, 0) is 43.7 Å². The fourth-order valence-corrected chi connectivity index (χ4v) is 3.56. The molecule has 0 bridgehead atoms. The number of amides is 1. The third-order valence-corrected chi connectivity index (χ3v) is 5.26. The highest BCUT2D eigenvalue weighted by Gasteiger charge is 2.18. The number of nitrogens with zero attached hydrogens (tertiary/aromatic N) is 3. The average Bonchev–Trinajstić information content (AvgIpc) is 3.36. The zero-order chi connectivity index (χ0) is 20.7. The molecule has 5 rings (SSSR count). The van der Waals surface area contributed by atoms with Gasteiger partial charge in [-0.1, -0.05) is 29.8 Å². The van der Waals surface area contributed by atoms with Gasteiger partial charge in [0, 0.05) is 23.3 Å². The largest absolute Gasteiger partial charge is 0.343 e. The molecular formula is C23H20N6O. The van der Waals surface area contributed by atoms with Crippen molar-refractivity contribution >= 4 is 27.8 Å². The number of carbonyl (C=O) groups excluding carboxylic acids is 1. The van der Waals surface area contributed by atoms with Gasteiger partial charge in [0.25, 0.3) is 5.91 Å². The predicted octanol–water partition coefficient (Wildman–Crippen LogP) is 4.30. The molecule has 0 spiro atoms. The predicted molar refractivity (Wildman–Crippen MR) is 116 cm³/mol. The van der Waals surface area contributed by atoms with E-state index in [1.54, 1.807) is 12.4 Å². The Bertz CT molecular complexity index is 1350. The molecular weight excluding hydrogens is 376 g/mol. The molecule has 148 valence electrons. The molecule has 0 saturated heterocycles. The van der Waals surface area contributed by atoms with Crippen LogP contribution in [0.2, 0.25) is 0 Å². The number of benzene rings is 2. The van der Waals surface area contributed by atoms with Crippen LogP contribution >= 0.6 is 0 Å². The van der Waals surface area contributed by atoms with Gasteiger partial charge < -0.3 is 10.4 Å². The Labute approximate surface area is 172 Å². The van der Waals surface area contributed by atoms with Gasteiger partial charge in [0.15, 0.2) is 0 Å². The van der Waals surface area contributed by atoms with E-state index in [1.165, 1.54) is 5.56 Å². The van der Waals surface area contributed by atoms with E-state index in [0.29, 0.717) is 11.0 Å². The van der Waals surface area contributed by atoms with Crippen molar-refractivity contribution in [2.45, 2.75) is 19.9 Å². The van der Waals surface area contributed by atoms with E-state index in [1.807, 2.05) is 62.4 Å². The number of H-pyrrole nitrogens is 2. The van der Waals surface area contributed by atoms with Crippen LogP contribution in [0.5, 0.6) is 0 Å². The number of aromatic amines is 2. The van der Waals surface area contributed by atoms with Crippen LogP contribution < -0.4 is 5.32 Å². The van der Waals surface area contributed by atoms with Crippen molar-refractivity contribution in [2.75, 3.05) is 0 Å². The molecule has 1 atom stereocenters. The Hall–Kier alpha value is -4.00. The first-order chi connectivity index (χ1) is 14.6. The van der Waals surface area contributed by atoms with Crippen molar-refractivity contribution in [3.8, 4) is 11.3 Å². The fraction of sp³-hybridized carbons (Fsp3) is 0.130. The molecule has 2 aromatic carbocycles. The molecule has 0 aliphatic rings. The molecule has 3 aromatic heterocycles. The number of hydrogen-bond acceptors (Lipinski definition) is 4. The molecule has 7 heteroatoms. The van der Waals surface area contributed by atoms with Gasteiger partial charge in [0.1, 0.15) is 0 Å². The summed E-state index contributed by atoms with van der Waals surface area (Å²) < 4.78 is 0. The van der Waals surface area contributed by atoms with E-state index in [9.17, 15) is 4.79 Å². The summed E-state index contributed by atoms with van der Waals surface area (Å²) in [7, 11) is 0. The number of rotatable bonds is 4. The van der Waals surface area contributed by atoms with Gasteiger partial charge in [-0.2, -0.15) is 0 Å². The van der Waals surface area contributed by atoms with Crippen molar-refractivity contribution in [3.05, 3.63) is 77.9 Å². The molecule has 0 saturated carbocycles. The topological polar surface area (TPSA) is 99.3 Å². The van der Waals surface area contributed by atoms with E-state index in [4.69, 9.17) is 0 Å². The molecule has 3 heterocycles. The summed E-state index contributed by atoms with van der Waals surface area (Å²) in [5.74, 6) is -0.116. The number of fused-ring (bicyclic) bond motifs is 2. The minimum Gasteiger partial charge on any atom is -0.343 e. The van der Waals surface area contributed by atoms with E-state index in [2.05, 4.69) is 30.5 Å². The molecule has 0 aliphatic carbocycles. The summed E-state index contributed by atoms with van der Waals surface area (Å²) in [6.07, 6.45) is 3.50. The lowest BCUT2D eigenvalue weighted by molar-refractivity contribution is 0.0930. The quantitative estimate of drug-likeness (QED) is 0.422. The van der Waals surface area contributed by atoms with Crippen molar-refractivity contribution in [1.82, 2.24) is 30.5 Å². The van der Waals surface area contributed by atoms with E-state index in [0.717, 1.165) is 27.7 Å². The molecule has 0 radical (unpaired) electrons. The average molecular weight is 396 g/mol. The zero-order valence-corrected chi connectivity index (χ0v) is 16.6. The SMILES string of the molecule is Cc1ccc([C@@H](C)NC(=O)c2nc3cc4[nH][nH]c(-c5ccncc5)c4cc3n2)cc1. The van der Waals surface area contributed by atoms with Gasteiger partial charge in [-0.15, -0.1) is 0 Å². The molecule has 7 nitrogen and oxygen atoms in total. The second-order valence-electron chi connectivity index (χ2n) is 7.40. The van der Waals surface area contributed by atoms with Gasteiger partial charge >= 0.3 is 0 Å².